The molecule has 0 unspecified atom stereocenters. The molecule has 16 nitrogen and oxygen atoms in total. The van der Waals surface area contributed by atoms with Crippen molar-refractivity contribution in [2.75, 3.05) is 0 Å². The van der Waals surface area contributed by atoms with Crippen LogP contribution in [0.25, 0.3) is 147 Å². The number of halogens is 8. The fourth-order valence-corrected chi connectivity index (χ4v) is 14.6. The second kappa shape index (κ2) is 43.9. The minimum absolute atomic E-state index is 0.331. The summed E-state index contributed by atoms with van der Waals surface area (Å²) in [6, 6.07) is 117. The van der Waals surface area contributed by atoms with Crippen LogP contribution in [0.5, 0.6) is 0 Å². The Morgan fingerprint density at radius 2 is 0.463 bits per heavy atom. The Balaban J connectivity index is 0.000000132. The van der Waals surface area contributed by atoms with Crippen LogP contribution in [0.1, 0.15) is 55.4 Å². The molecule has 134 heavy (non-hydrogen) atoms. The quantitative estimate of drug-likeness (QED) is 0.0534. The van der Waals surface area contributed by atoms with E-state index in [0.717, 1.165) is 67.0 Å². The third-order valence-electron chi connectivity index (χ3n) is 22.5. The maximum Gasteiger partial charge on any atom is 0.534 e. The van der Waals surface area contributed by atoms with Crippen LogP contribution in [0.2, 0.25) is 15.2 Å². The van der Waals surface area contributed by atoms with Gasteiger partial charge in [0.15, 0.2) is 52.3 Å². The molecule has 0 N–H and O–H groups in total. The Morgan fingerprint density at radius 1 is 0.224 bits per heavy atom. The molecule has 2 fully saturated rings. The number of nitrogens with zero attached hydrogens (tertiary/aromatic N) is 12. The fourth-order valence-electron chi connectivity index (χ4n) is 14.0. The van der Waals surface area contributed by atoms with Gasteiger partial charge in [-0.1, -0.05) is 338 Å². The predicted molar refractivity (Wildman–Crippen MR) is 551 cm³/mol. The average molecular weight is 2050 g/mol. The molecule has 2 saturated heterocycles. The topological polar surface area (TPSA) is 192 Å². The second-order valence-electron chi connectivity index (χ2n) is 32.8. The molecular formula is C108H86B2Cl3F3I2N12O4. The van der Waals surface area contributed by atoms with Crippen LogP contribution in [0.4, 0.5) is 13.2 Å². The van der Waals surface area contributed by atoms with Gasteiger partial charge in [0.1, 0.15) is 22.6 Å². The van der Waals surface area contributed by atoms with E-state index in [4.69, 9.17) is 78.3 Å². The van der Waals surface area contributed by atoms with Crippen LogP contribution >= 0.6 is 72.0 Å². The number of benzene rings is 13. The van der Waals surface area contributed by atoms with Gasteiger partial charge in [-0.3, -0.25) is 0 Å². The van der Waals surface area contributed by atoms with Gasteiger partial charge in [0.25, 0.3) is 0 Å². The van der Waals surface area contributed by atoms with Gasteiger partial charge >= 0.3 is 14.2 Å². The first-order chi connectivity index (χ1) is 64.8. The molecule has 13 aromatic carbocycles. The Kier molecular flexibility index (Phi) is 31.4. The maximum absolute atomic E-state index is 15.6. The standard InChI is InChI=1S/C37H24FN5.C22H14ClFN2.C21H22BN3O2.C16H11ClN2.C12H15BClFO2.I2/c38-31-22-21-29(37-42-35(27-17-9-3-10-18-27)41-36(43-37)28-19-11-4-12-20-28)23-30(31)33-24-32(25-13-5-1-6-14-25)39-34(40-33)26-15-7-2-8-16-26;23-17-11-12-19(24)18(13-17)21-14-20(15-7-3-1-4-8-15)25-22(26-21)16-9-5-2-6-10-16;1-20(2)21(3,4)27-22(26-20)19-24-17(15-11-7-5-8-12-15)23-18(25-19)16-13-9-6-10-14-16;17-15-11-14(12-7-3-1-4-8-12)18-16(19-15)13-9-5-2-6-10-13;1-11(2)12(3,4)17-13(16-11)9-7-8(14)5-6-10(9)15;1-2/h1-24H;1-14H;5-14H,1-4H3;1-11H;5-7H,1-4H3;. The first kappa shape index (κ1) is 95.8. The molecule has 0 saturated carbocycles. The third kappa shape index (κ3) is 23.9. The van der Waals surface area contributed by atoms with E-state index in [1.165, 1.54) is 30.3 Å². The smallest absolute Gasteiger partial charge is 0.399 e. The lowest BCUT2D eigenvalue weighted by atomic mass is 9.79. The molecule has 664 valence electrons. The monoisotopic (exact) mass is 2050 g/mol. The molecule has 0 bridgehead atoms. The molecule has 20 rings (SSSR count). The summed E-state index contributed by atoms with van der Waals surface area (Å²) in [6.07, 6.45) is 0. The highest BCUT2D eigenvalue weighted by molar-refractivity contribution is 15.0. The van der Waals surface area contributed by atoms with Crippen molar-refractivity contribution >= 4 is 97.5 Å². The van der Waals surface area contributed by atoms with Crippen molar-refractivity contribution in [3.05, 3.63) is 409 Å². The van der Waals surface area contributed by atoms with Gasteiger partial charge in [0.05, 0.1) is 50.9 Å². The average Bonchev–Trinajstić information content (AvgIpc) is 1.61. The van der Waals surface area contributed by atoms with E-state index in [1.54, 1.807) is 36.4 Å². The Hall–Kier alpha value is -12.8. The van der Waals surface area contributed by atoms with Gasteiger partial charge in [-0.2, -0.15) is 0 Å². The number of aromatic nitrogens is 12. The summed E-state index contributed by atoms with van der Waals surface area (Å²) in [5.74, 6) is 3.29. The highest BCUT2D eigenvalue weighted by Gasteiger charge is 2.54. The first-order valence-corrected chi connectivity index (χ1v) is 50.2. The van der Waals surface area contributed by atoms with E-state index in [0.29, 0.717) is 107 Å². The summed E-state index contributed by atoms with van der Waals surface area (Å²) in [5.41, 5.74) is 12.7. The van der Waals surface area contributed by atoms with E-state index in [9.17, 15) is 8.78 Å². The highest BCUT2D eigenvalue weighted by atomic mass is 128. The summed E-state index contributed by atoms with van der Waals surface area (Å²) in [7, 11) is -1.35. The largest absolute Gasteiger partial charge is 0.534 e. The zero-order valence-corrected chi connectivity index (χ0v) is 80.6. The Bertz CT molecular complexity index is 6700. The van der Waals surface area contributed by atoms with Gasteiger partial charge in [-0.15, -0.1) is 0 Å². The van der Waals surface area contributed by atoms with Gasteiger partial charge in [-0.05, 0) is 122 Å². The third-order valence-corrected chi connectivity index (χ3v) is 23.2. The number of hydrogen-bond acceptors (Lipinski definition) is 16. The second-order valence-corrected chi connectivity index (χ2v) is 34.1. The first-order valence-electron chi connectivity index (χ1n) is 42.8. The molecular weight excluding hydrogens is 1970 g/mol. The molecule has 0 atom stereocenters. The fraction of sp³-hybridized carbons (Fsp3) is 0.111. The molecule has 18 aromatic rings. The zero-order valence-electron chi connectivity index (χ0n) is 74.0. The van der Waals surface area contributed by atoms with Gasteiger partial charge in [0.2, 0.25) is 0 Å². The van der Waals surface area contributed by atoms with Crippen LogP contribution in [-0.2, 0) is 18.6 Å². The molecule has 0 aliphatic carbocycles. The summed E-state index contributed by atoms with van der Waals surface area (Å²) in [6.45, 7) is 15.8. The van der Waals surface area contributed by atoms with Crippen LogP contribution < -0.4 is 11.2 Å². The molecule has 7 heterocycles. The Labute approximate surface area is 816 Å². The van der Waals surface area contributed by atoms with E-state index in [2.05, 4.69) is 72.1 Å². The molecule has 0 amide bonds. The van der Waals surface area contributed by atoms with Crippen LogP contribution in [-0.4, -0.2) is 96.4 Å². The molecule has 5 aromatic heterocycles. The minimum atomic E-state index is -0.710. The summed E-state index contributed by atoms with van der Waals surface area (Å²) in [5, 5.41) is 1.38. The molecule has 0 radical (unpaired) electrons. The van der Waals surface area contributed by atoms with E-state index >= 15 is 4.39 Å². The van der Waals surface area contributed by atoms with Crippen molar-refractivity contribution < 1.29 is 31.8 Å². The van der Waals surface area contributed by atoms with Crippen LogP contribution in [0, 0.1) is 17.5 Å². The summed E-state index contributed by atoms with van der Waals surface area (Å²) in [4.78, 5) is 56.2. The van der Waals surface area contributed by atoms with E-state index in [1.807, 2.05) is 365 Å². The van der Waals surface area contributed by atoms with Gasteiger partial charge in [0, 0.05) is 131 Å². The van der Waals surface area contributed by atoms with Crippen molar-refractivity contribution in [3.63, 3.8) is 0 Å². The van der Waals surface area contributed by atoms with Gasteiger partial charge < -0.3 is 18.6 Å². The van der Waals surface area contributed by atoms with Crippen molar-refractivity contribution in [3.8, 4) is 147 Å². The normalized spacial score (nSPS) is 13.5. The molecule has 2 aliphatic rings. The van der Waals surface area contributed by atoms with Crippen LogP contribution in [0.3, 0.4) is 0 Å². The summed E-state index contributed by atoms with van der Waals surface area (Å²) < 4.78 is 67.6. The zero-order chi connectivity index (χ0) is 93.9. The van der Waals surface area contributed by atoms with Crippen molar-refractivity contribution in [2.45, 2.75) is 77.8 Å². The van der Waals surface area contributed by atoms with E-state index in [-0.39, 0.29) is 11.6 Å². The van der Waals surface area contributed by atoms with Crippen molar-refractivity contribution in [1.82, 2.24) is 59.8 Å². The lowest BCUT2D eigenvalue weighted by Gasteiger charge is -2.32. The highest BCUT2D eigenvalue weighted by Crippen LogP contribution is 2.40. The minimum Gasteiger partial charge on any atom is -0.399 e. The Morgan fingerprint density at radius 3 is 0.791 bits per heavy atom. The molecule has 0 spiro atoms. The molecule has 26 heteroatoms. The van der Waals surface area contributed by atoms with Gasteiger partial charge in [-0.25, -0.2) is 73.0 Å². The van der Waals surface area contributed by atoms with Crippen molar-refractivity contribution in [2.24, 2.45) is 0 Å². The SMILES string of the molecule is CC1(C)OB(c2cc(Cl)ccc2F)OC1(C)C.CC1(C)OB(c2nc(-c3ccccc3)nc(-c3ccccc3)n2)OC1(C)C.Clc1cc(-c2ccccc2)nc(-c2ccccc2)n1.Fc1ccc(-c2nc(-c3ccccc3)nc(-c3ccccc3)n2)cc1-c1cc(-c2ccccc2)nc(-c2ccccc2)n1.Fc1ccc(Cl)cc1-c1cc(-c2ccccc2)nc(-c2ccccc2)n1.II. The van der Waals surface area contributed by atoms with Crippen molar-refractivity contribution in [1.29, 1.82) is 0 Å². The molecule has 2 aliphatic heterocycles. The van der Waals surface area contributed by atoms with E-state index < -0.39 is 42.5 Å². The lowest BCUT2D eigenvalue weighted by molar-refractivity contribution is 0.00578. The lowest BCUT2D eigenvalue weighted by Crippen LogP contribution is -2.41. The number of hydrogen-bond donors (Lipinski definition) is 0. The number of rotatable bonds is 15. The maximum atomic E-state index is 15.6. The van der Waals surface area contributed by atoms with Crippen LogP contribution in [0.15, 0.2) is 376 Å². The predicted octanol–water partition coefficient (Wildman–Crippen LogP) is 27.6. The summed E-state index contributed by atoms with van der Waals surface area (Å²) >= 11 is 22.3.